The van der Waals surface area contributed by atoms with E-state index >= 15 is 0 Å². The molecule has 0 radical (unpaired) electrons. The number of aliphatic hydroxyl groups excluding tert-OH is 1. The van der Waals surface area contributed by atoms with Crippen LogP contribution < -0.4 is 9.64 Å². The van der Waals surface area contributed by atoms with Gasteiger partial charge in [0.25, 0.3) is 11.7 Å². The maximum atomic E-state index is 13.2. The number of ketones is 1. The standard InChI is InChI=1S/C24H19BrClNO4S/c1-12-8-9-32-23(12)20-19(21(28)14-4-6-16(25)13(2)10-14)22(29)24(30)27(20)15-5-7-18(31-3)17(26)11-15/h4-11,20,28H,1-3H3/b21-19-. The lowest BCUT2D eigenvalue weighted by Gasteiger charge is -2.25. The van der Waals surface area contributed by atoms with Crippen molar-refractivity contribution in [3.05, 3.63) is 84.5 Å². The summed E-state index contributed by atoms with van der Waals surface area (Å²) >= 11 is 11.2. The molecule has 1 amide bonds. The number of aliphatic hydroxyl groups is 1. The number of nitrogens with zero attached hydrogens (tertiary/aromatic N) is 1. The normalized spacial score (nSPS) is 17.8. The summed E-state index contributed by atoms with van der Waals surface area (Å²) in [6.07, 6.45) is 0. The van der Waals surface area contributed by atoms with Gasteiger partial charge in [-0.15, -0.1) is 11.3 Å². The molecule has 1 aliphatic rings. The second kappa shape index (κ2) is 8.73. The number of halogens is 2. The van der Waals surface area contributed by atoms with Crippen molar-refractivity contribution >= 4 is 62.0 Å². The molecule has 1 fully saturated rings. The van der Waals surface area contributed by atoms with Gasteiger partial charge in [-0.1, -0.05) is 33.6 Å². The molecule has 2 heterocycles. The van der Waals surface area contributed by atoms with Crippen LogP contribution in [-0.2, 0) is 9.59 Å². The highest BCUT2D eigenvalue weighted by Crippen LogP contribution is 2.46. The van der Waals surface area contributed by atoms with Gasteiger partial charge in [0.15, 0.2) is 0 Å². The summed E-state index contributed by atoms with van der Waals surface area (Å²) in [6.45, 7) is 3.80. The van der Waals surface area contributed by atoms with E-state index in [2.05, 4.69) is 15.9 Å². The van der Waals surface area contributed by atoms with Gasteiger partial charge in [-0.05, 0) is 66.8 Å². The van der Waals surface area contributed by atoms with Gasteiger partial charge in [-0.3, -0.25) is 14.5 Å². The molecule has 164 valence electrons. The number of Topliss-reactive ketones (excluding diaryl/α,β-unsaturated/α-hetero) is 1. The summed E-state index contributed by atoms with van der Waals surface area (Å²) in [4.78, 5) is 28.6. The number of carbonyl (C=O) groups is 2. The molecule has 3 aromatic rings. The highest BCUT2D eigenvalue weighted by atomic mass is 79.9. The van der Waals surface area contributed by atoms with Crippen LogP contribution in [0.1, 0.15) is 27.6 Å². The molecular weight excluding hydrogens is 514 g/mol. The molecule has 8 heteroatoms. The van der Waals surface area contributed by atoms with E-state index in [-0.39, 0.29) is 11.3 Å². The van der Waals surface area contributed by atoms with Crippen molar-refractivity contribution in [2.45, 2.75) is 19.9 Å². The Hall–Kier alpha value is -2.61. The number of benzene rings is 2. The maximum Gasteiger partial charge on any atom is 0.300 e. The van der Waals surface area contributed by atoms with Gasteiger partial charge in [0, 0.05) is 20.6 Å². The van der Waals surface area contributed by atoms with Crippen molar-refractivity contribution in [2.75, 3.05) is 12.0 Å². The van der Waals surface area contributed by atoms with Crippen LogP contribution in [-0.4, -0.2) is 23.9 Å². The van der Waals surface area contributed by atoms with Crippen molar-refractivity contribution in [1.29, 1.82) is 0 Å². The molecule has 0 spiro atoms. The number of aryl methyl sites for hydroxylation is 2. The Kier molecular flexibility index (Phi) is 6.16. The van der Waals surface area contributed by atoms with Crippen LogP contribution in [0.25, 0.3) is 5.76 Å². The molecule has 1 aliphatic heterocycles. The van der Waals surface area contributed by atoms with Crippen LogP contribution in [0.15, 0.2) is 57.9 Å². The topological polar surface area (TPSA) is 66.8 Å². The summed E-state index contributed by atoms with van der Waals surface area (Å²) in [5, 5.41) is 13.4. The van der Waals surface area contributed by atoms with E-state index in [1.807, 2.05) is 25.3 Å². The molecule has 1 aromatic heterocycles. The average molecular weight is 533 g/mol. The van der Waals surface area contributed by atoms with Crippen LogP contribution in [0.5, 0.6) is 5.75 Å². The summed E-state index contributed by atoms with van der Waals surface area (Å²) in [5.74, 6) is -1.22. The zero-order chi connectivity index (χ0) is 23.2. The third-order valence-corrected chi connectivity index (χ3v) is 7.70. The van der Waals surface area contributed by atoms with Crippen molar-refractivity contribution in [1.82, 2.24) is 0 Å². The lowest BCUT2D eigenvalue weighted by atomic mass is 9.97. The molecule has 2 aromatic carbocycles. The van der Waals surface area contributed by atoms with Crippen LogP contribution in [0.3, 0.4) is 0 Å². The van der Waals surface area contributed by atoms with Gasteiger partial charge < -0.3 is 9.84 Å². The minimum atomic E-state index is -0.775. The van der Waals surface area contributed by atoms with E-state index in [0.717, 1.165) is 20.5 Å². The van der Waals surface area contributed by atoms with E-state index in [1.54, 1.807) is 36.4 Å². The highest BCUT2D eigenvalue weighted by molar-refractivity contribution is 9.10. The molecule has 1 unspecified atom stereocenters. The van der Waals surface area contributed by atoms with Gasteiger partial charge in [0.05, 0.1) is 17.7 Å². The van der Waals surface area contributed by atoms with Gasteiger partial charge in [-0.2, -0.15) is 0 Å². The maximum absolute atomic E-state index is 13.2. The Morgan fingerprint density at radius 2 is 1.88 bits per heavy atom. The van der Waals surface area contributed by atoms with E-state index in [1.165, 1.54) is 23.3 Å². The average Bonchev–Trinajstić information content (AvgIpc) is 3.30. The Balaban J connectivity index is 1.95. The van der Waals surface area contributed by atoms with E-state index in [9.17, 15) is 14.7 Å². The Morgan fingerprint density at radius 1 is 1.12 bits per heavy atom. The van der Waals surface area contributed by atoms with Gasteiger partial charge in [0.1, 0.15) is 17.6 Å². The highest BCUT2D eigenvalue weighted by Gasteiger charge is 2.48. The number of anilines is 1. The number of methoxy groups -OCH3 is 1. The van der Waals surface area contributed by atoms with Crippen molar-refractivity contribution in [3.63, 3.8) is 0 Å². The quantitative estimate of drug-likeness (QED) is 0.239. The lowest BCUT2D eigenvalue weighted by Crippen LogP contribution is -2.29. The Morgan fingerprint density at radius 3 is 2.47 bits per heavy atom. The van der Waals surface area contributed by atoms with Crippen LogP contribution in [0.4, 0.5) is 5.69 Å². The molecule has 0 bridgehead atoms. The third kappa shape index (κ3) is 3.74. The zero-order valence-electron chi connectivity index (χ0n) is 17.5. The molecule has 5 nitrogen and oxygen atoms in total. The molecule has 32 heavy (non-hydrogen) atoms. The third-order valence-electron chi connectivity index (χ3n) is 5.44. The van der Waals surface area contributed by atoms with Crippen LogP contribution in [0, 0.1) is 13.8 Å². The van der Waals surface area contributed by atoms with Gasteiger partial charge >= 0.3 is 0 Å². The summed E-state index contributed by atoms with van der Waals surface area (Å²) < 4.78 is 6.10. The molecule has 1 N–H and O–H groups in total. The summed E-state index contributed by atoms with van der Waals surface area (Å²) in [6, 6.07) is 11.3. The number of carbonyl (C=O) groups excluding carboxylic acids is 2. The summed E-state index contributed by atoms with van der Waals surface area (Å²) in [7, 11) is 1.50. The number of thiophene rings is 1. The Labute approximate surface area is 203 Å². The number of ether oxygens (including phenoxy) is 1. The SMILES string of the molecule is COc1ccc(N2C(=O)C(=O)/C(=C(\O)c3ccc(Br)c(C)c3)C2c2sccc2C)cc1Cl. The fourth-order valence-electron chi connectivity index (χ4n) is 3.76. The first-order valence-corrected chi connectivity index (χ1v) is 11.7. The molecular formula is C24H19BrClNO4S. The monoisotopic (exact) mass is 531 g/mol. The second-order valence-electron chi connectivity index (χ2n) is 7.42. The minimum Gasteiger partial charge on any atom is -0.507 e. The van der Waals surface area contributed by atoms with Gasteiger partial charge in [-0.25, -0.2) is 0 Å². The summed E-state index contributed by atoms with van der Waals surface area (Å²) in [5.41, 5.74) is 2.78. The first kappa shape index (κ1) is 22.6. The molecule has 1 saturated heterocycles. The first-order chi connectivity index (χ1) is 15.2. The number of amides is 1. The van der Waals surface area contributed by atoms with Crippen molar-refractivity contribution < 1.29 is 19.4 Å². The van der Waals surface area contributed by atoms with Crippen molar-refractivity contribution in [2.24, 2.45) is 0 Å². The predicted molar refractivity (Wildman–Crippen MR) is 131 cm³/mol. The fourth-order valence-corrected chi connectivity index (χ4v) is 5.29. The zero-order valence-corrected chi connectivity index (χ0v) is 20.6. The molecule has 0 aliphatic carbocycles. The van der Waals surface area contributed by atoms with E-state index in [4.69, 9.17) is 16.3 Å². The Bertz CT molecular complexity index is 1280. The second-order valence-corrected chi connectivity index (χ2v) is 9.63. The largest absolute Gasteiger partial charge is 0.507 e. The molecule has 1 atom stereocenters. The first-order valence-electron chi connectivity index (χ1n) is 9.69. The number of hydrogen-bond donors (Lipinski definition) is 1. The van der Waals surface area contributed by atoms with Crippen molar-refractivity contribution in [3.8, 4) is 5.75 Å². The van der Waals surface area contributed by atoms with E-state index in [0.29, 0.717) is 22.0 Å². The molecule has 0 saturated carbocycles. The fraction of sp³-hybridized carbons (Fsp3) is 0.167. The predicted octanol–water partition coefficient (Wildman–Crippen LogP) is 6.42. The molecule has 4 rings (SSSR count). The number of rotatable bonds is 4. The van der Waals surface area contributed by atoms with Crippen LogP contribution >= 0.6 is 38.9 Å². The van der Waals surface area contributed by atoms with E-state index < -0.39 is 17.7 Å². The van der Waals surface area contributed by atoms with Crippen LogP contribution in [0.2, 0.25) is 5.02 Å². The van der Waals surface area contributed by atoms with Gasteiger partial charge in [0.2, 0.25) is 0 Å². The smallest absolute Gasteiger partial charge is 0.300 e. The minimum absolute atomic E-state index is 0.0502. The lowest BCUT2D eigenvalue weighted by molar-refractivity contribution is -0.132. The number of hydrogen-bond acceptors (Lipinski definition) is 5.